The van der Waals surface area contributed by atoms with Crippen LogP contribution in [0.1, 0.15) is 31.1 Å². The van der Waals surface area contributed by atoms with Crippen LogP contribution in [-0.4, -0.2) is 71.7 Å². The molecule has 0 unspecified atom stereocenters. The van der Waals surface area contributed by atoms with Crippen LogP contribution in [0.4, 0.5) is 5.69 Å². The van der Waals surface area contributed by atoms with Crippen LogP contribution in [-0.2, 0) is 19.5 Å². The Morgan fingerprint density at radius 1 is 1.19 bits per heavy atom. The third kappa shape index (κ3) is 6.46. The number of nitrogens with one attached hydrogen (secondary N) is 2. The van der Waals surface area contributed by atoms with Gasteiger partial charge in [-0.1, -0.05) is 13.8 Å². The van der Waals surface area contributed by atoms with Crippen LogP contribution in [0.2, 0.25) is 0 Å². The number of hydrogen-bond acceptors (Lipinski definition) is 6. The quantitative estimate of drug-likeness (QED) is 0.516. The number of carbonyl (C=O) groups excluding carboxylic acids is 1. The summed E-state index contributed by atoms with van der Waals surface area (Å²) in [4.78, 5) is 12.8. The normalized spacial score (nSPS) is 12.8. The molecule has 0 aliphatic rings. The van der Waals surface area contributed by atoms with Gasteiger partial charge in [0.05, 0.1) is 23.7 Å². The molecule has 8 nitrogen and oxygen atoms in total. The van der Waals surface area contributed by atoms with Crippen LogP contribution in [0.25, 0.3) is 0 Å². The Morgan fingerprint density at radius 2 is 1.85 bits per heavy atom. The van der Waals surface area contributed by atoms with Crippen LogP contribution in [0.3, 0.4) is 0 Å². The zero-order chi connectivity index (χ0) is 20.4. The van der Waals surface area contributed by atoms with Gasteiger partial charge in [0, 0.05) is 45.6 Å². The molecule has 0 heterocycles. The number of methoxy groups -OCH3 is 2. The van der Waals surface area contributed by atoms with E-state index in [0.29, 0.717) is 38.5 Å². The first-order chi connectivity index (χ1) is 12.8. The van der Waals surface area contributed by atoms with E-state index in [1.807, 2.05) is 6.92 Å². The van der Waals surface area contributed by atoms with E-state index >= 15 is 0 Å². The standard InChI is InChI=1S/C18H31N3O5S/c1-6-21(7-2)27(23,24)15-8-9-17(19-10-11-25-4)16(12-15)18(22)20-14(3)13-26-5/h8-9,12,14,19H,6-7,10-11,13H2,1-5H3,(H,20,22)/t14-/m1/s1. The maximum Gasteiger partial charge on any atom is 0.253 e. The maximum absolute atomic E-state index is 12.8. The molecule has 0 saturated carbocycles. The first-order valence-electron chi connectivity index (χ1n) is 8.98. The van der Waals surface area contributed by atoms with E-state index in [0.717, 1.165) is 0 Å². The van der Waals surface area contributed by atoms with Gasteiger partial charge in [-0.2, -0.15) is 4.31 Å². The summed E-state index contributed by atoms with van der Waals surface area (Å²) in [6.45, 7) is 7.40. The number of nitrogens with zero attached hydrogens (tertiary/aromatic N) is 1. The van der Waals surface area contributed by atoms with Crippen molar-refractivity contribution in [1.82, 2.24) is 9.62 Å². The molecule has 1 aromatic carbocycles. The molecule has 1 rings (SSSR count). The van der Waals surface area contributed by atoms with Gasteiger partial charge in [-0.3, -0.25) is 4.79 Å². The Bertz CT molecular complexity index is 705. The average molecular weight is 402 g/mol. The fraction of sp³-hybridized carbons (Fsp3) is 0.611. The Hall–Kier alpha value is -1.68. The third-order valence-electron chi connectivity index (χ3n) is 3.99. The molecular weight excluding hydrogens is 370 g/mol. The zero-order valence-electron chi connectivity index (χ0n) is 16.7. The number of sulfonamides is 1. The highest BCUT2D eigenvalue weighted by Gasteiger charge is 2.24. The number of amides is 1. The summed E-state index contributed by atoms with van der Waals surface area (Å²) >= 11 is 0. The molecule has 27 heavy (non-hydrogen) atoms. The molecule has 0 aliphatic carbocycles. The van der Waals surface area contributed by atoms with Gasteiger partial charge in [0.25, 0.3) is 5.91 Å². The molecule has 2 N–H and O–H groups in total. The van der Waals surface area contributed by atoms with Gasteiger partial charge in [0.2, 0.25) is 10.0 Å². The number of hydrogen-bond donors (Lipinski definition) is 2. The van der Waals surface area contributed by atoms with Gasteiger partial charge < -0.3 is 20.1 Å². The molecule has 0 radical (unpaired) electrons. The molecule has 0 spiro atoms. The van der Waals surface area contributed by atoms with Gasteiger partial charge in [0.15, 0.2) is 0 Å². The first kappa shape index (κ1) is 23.4. The lowest BCUT2D eigenvalue weighted by atomic mass is 10.1. The molecule has 1 atom stereocenters. The molecule has 1 amide bonds. The molecule has 154 valence electrons. The van der Waals surface area contributed by atoms with Gasteiger partial charge >= 0.3 is 0 Å². The second-order valence-electron chi connectivity index (χ2n) is 6.05. The number of rotatable bonds is 12. The van der Waals surface area contributed by atoms with Crippen molar-refractivity contribution in [3.63, 3.8) is 0 Å². The van der Waals surface area contributed by atoms with Crippen molar-refractivity contribution >= 4 is 21.6 Å². The Morgan fingerprint density at radius 3 is 2.41 bits per heavy atom. The number of anilines is 1. The second-order valence-corrected chi connectivity index (χ2v) is 7.98. The van der Waals surface area contributed by atoms with E-state index < -0.39 is 10.0 Å². The van der Waals surface area contributed by atoms with Crippen LogP contribution < -0.4 is 10.6 Å². The predicted octanol–water partition coefficient (Wildman–Crippen LogP) is 1.54. The largest absolute Gasteiger partial charge is 0.383 e. The van der Waals surface area contributed by atoms with Crippen molar-refractivity contribution in [3.05, 3.63) is 23.8 Å². The van der Waals surface area contributed by atoms with E-state index in [2.05, 4.69) is 10.6 Å². The van der Waals surface area contributed by atoms with Crippen molar-refractivity contribution in [3.8, 4) is 0 Å². The fourth-order valence-electron chi connectivity index (χ4n) is 2.62. The molecular formula is C18H31N3O5S. The van der Waals surface area contributed by atoms with Gasteiger partial charge in [-0.25, -0.2) is 8.42 Å². The van der Waals surface area contributed by atoms with Crippen molar-refractivity contribution in [2.75, 3.05) is 52.4 Å². The minimum absolute atomic E-state index is 0.0908. The van der Waals surface area contributed by atoms with E-state index in [4.69, 9.17) is 9.47 Å². The number of benzene rings is 1. The monoisotopic (exact) mass is 401 g/mol. The maximum atomic E-state index is 12.8. The highest BCUT2D eigenvalue weighted by atomic mass is 32.2. The summed E-state index contributed by atoms with van der Waals surface area (Å²) in [6, 6.07) is 4.33. The number of carbonyl (C=O) groups is 1. The summed E-state index contributed by atoms with van der Waals surface area (Å²) < 4.78 is 37.0. The molecule has 0 bridgehead atoms. The van der Waals surface area contributed by atoms with Gasteiger partial charge in [-0.15, -0.1) is 0 Å². The Kier molecular flexibility index (Phi) is 9.71. The first-order valence-corrected chi connectivity index (χ1v) is 10.4. The summed E-state index contributed by atoms with van der Waals surface area (Å²) in [5.41, 5.74) is 0.815. The summed E-state index contributed by atoms with van der Waals surface area (Å²) in [7, 11) is -0.524. The lowest BCUT2D eigenvalue weighted by molar-refractivity contribution is 0.0906. The Balaban J connectivity index is 3.26. The topological polar surface area (TPSA) is 97.0 Å². The average Bonchev–Trinajstić information content (AvgIpc) is 2.62. The molecule has 1 aromatic rings. The lowest BCUT2D eigenvalue weighted by Crippen LogP contribution is -2.36. The van der Waals surface area contributed by atoms with Gasteiger partial charge in [-0.05, 0) is 25.1 Å². The van der Waals surface area contributed by atoms with Crippen molar-refractivity contribution < 1.29 is 22.7 Å². The van der Waals surface area contributed by atoms with Crippen molar-refractivity contribution in [2.24, 2.45) is 0 Å². The van der Waals surface area contributed by atoms with E-state index in [9.17, 15) is 13.2 Å². The van der Waals surface area contributed by atoms with Gasteiger partial charge in [0.1, 0.15) is 0 Å². The zero-order valence-corrected chi connectivity index (χ0v) is 17.6. The van der Waals surface area contributed by atoms with Crippen LogP contribution >= 0.6 is 0 Å². The van der Waals surface area contributed by atoms with Crippen LogP contribution in [0, 0.1) is 0 Å². The van der Waals surface area contributed by atoms with E-state index in [1.54, 1.807) is 34.1 Å². The van der Waals surface area contributed by atoms with Crippen LogP contribution in [0.5, 0.6) is 0 Å². The molecule has 9 heteroatoms. The fourth-order valence-corrected chi connectivity index (χ4v) is 4.10. The highest BCUT2D eigenvalue weighted by Crippen LogP contribution is 2.23. The van der Waals surface area contributed by atoms with E-state index in [-0.39, 0.29) is 22.4 Å². The number of ether oxygens (including phenoxy) is 2. The summed E-state index contributed by atoms with van der Waals surface area (Å²) in [5.74, 6) is -0.365. The van der Waals surface area contributed by atoms with E-state index in [1.165, 1.54) is 16.4 Å². The molecule has 0 saturated heterocycles. The van der Waals surface area contributed by atoms with Crippen molar-refractivity contribution in [1.29, 1.82) is 0 Å². The minimum Gasteiger partial charge on any atom is -0.383 e. The smallest absolute Gasteiger partial charge is 0.253 e. The molecule has 0 aliphatic heterocycles. The molecule has 0 fully saturated rings. The Labute approximate surface area is 162 Å². The van der Waals surface area contributed by atoms with Crippen molar-refractivity contribution in [2.45, 2.75) is 31.7 Å². The SMILES string of the molecule is CCN(CC)S(=O)(=O)c1ccc(NCCOC)c(C(=O)N[C@H](C)COC)c1. The summed E-state index contributed by atoms with van der Waals surface area (Å²) in [6.07, 6.45) is 0. The van der Waals surface area contributed by atoms with Crippen LogP contribution in [0.15, 0.2) is 23.1 Å². The summed E-state index contributed by atoms with van der Waals surface area (Å²) in [5, 5.41) is 5.93. The highest BCUT2D eigenvalue weighted by molar-refractivity contribution is 7.89. The minimum atomic E-state index is -3.66. The third-order valence-corrected chi connectivity index (χ3v) is 6.04. The second kappa shape index (κ2) is 11.2. The predicted molar refractivity (Wildman–Crippen MR) is 106 cm³/mol. The molecule has 0 aromatic heterocycles. The lowest BCUT2D eigenvalue weighted by Gasteiger charge is -2.20.